The molecule has 2 N–H and O–H groups in total. The average Bonchev–Trinajstić information content (AvgIpc) is 2.49. The van der Waals surface area contributed by atoms with Gasteiger partial charge in [0.1, 0.15) is 0 Å². The van der Waals surface area contributed by atoms with Crippen LogP contribution in [0.3, 0.4) is 0 Å². The van der Waals surface area contributed by atoms with Crippen molar-refractivity contribution in [1.82, 2.24) is 5.32 Å². The number of aliphatic hydroxyl groups excluding tert-OH is 1. The van der Waals surface area contributed by atoms with Crippen molar-refractivity contribution in [2.24, 2.45) is 5.92 Å². The Bertz CT molecular complexity index is 382. The first kappa shape index (κ1) is 15.5. The van der Waals surface area contributed by atoms with Gasteiger partial charge in [0.25, 0.3) is 0 Å². The lowest BCUT2D eigenvalue weighted by atomic mass is 9.84. The fourth-order valence-electron chi connectivity index (χ4n) is 3.34. The van der Waals surface area contributed by atoms with Gasteiger partial charge in [-0.25, -0.2) is 0 Å². The quantitative estimate of drug-likeness (QED) is 0.840. The second-order valence-corrected chi connectivity index (χ2v) is 5.86. The number of nitrogens with one attached hydrogen (secondary N) is 1. The summed E-state index contributed by atoms with van der Waals surface area (Å²) in [5, 5.41) is 13.2. The van der Waals surface area contributed by atoms with Crippen molar-refractivity contribution in [2.75, 3.05) is 13.7 Å². The van der Waals surface area contributed by atoms with E-state index in [9.17, 15) is 5.11 Å². The smallest absolute Gasteiger partial charge is 0.0971 e. The molecule has 1 fully saturated rings. The molecule has 3 heteroatoms. The van der Waals surface area contributed by atoms with Gasteiger partial charge < -0.3 is 15.2 Å². The van der Waals surface area contributed by atoms with Gasteiger partial charge in [-0.15, -0.1) is 0 Å². The zero-order valence-electron chi connectivity index (χ0n) is 12.6. The number of aliphatic hydroxyl groups is 1. The first-order valence-electron chi connectivity index (χ1n) is 7.71. The lowest BCUT2D eigenvalue weighted by Crippen LogP contribution is -2.46. The average molecular weight is 277 g/mol. The van der Waals surface area contributed by atoms with Gasteiger partial charge in [0.2, 0.25) is 0 Å². The summed E-state index contributed by atoms with van der Waals surface area (Å²) in [6.45, 7) is 2.46. The third-order valence-electron chi connectivity index (χ3n) is 4.46. The highest BCUT2D eigenvalue weighted by Gasteiger charge is 2.28. The Morgan fingerprint density at radius 3 is 2.60 bits per heavy atom. The van der Waals surface area contributed by atoms with Crippen molar-refractivity contribution in [3.8, 4) is 0 Å². The number of benzene rings is 1. The number of hydrogen-bond acceptors (Lipinski definition) is 3. The van der Waals surface area contributed by atoms with Gasteiger partial charge in [-0.3, -0.25) is 0 Å². The summed E-state index contributed by atoms with van der Waals surface area (Å²) in [6, 6.07) is 11.0. The highest BCUT2D eigenvalue weighted by atomic mass is 16.5. The Hall–Kier alpha value is -0.900. The lowest BCUT2D eigenvalue weighted by Gasteiger charge is -2.35. The molecule has 0 aliphatic heterocycles. The highest BCUT2D eigenvalue weighted by Crippen LogP contribution is 2.27. The molecule has 0 aromatic heterocycles. The van der Waals surface area contributed by atoms with Crippen LogP contribution in [0, 0.1) is 5.92 Å². The summed E-state index contributed by atoms with van der Waals surface area (Å²) in [4.78, 5) is 0. The molecule has 1 aliphatic carbocycles. The molecule has 0 bridgehead atoms. The van der Waals surface area contributed by atoms with Gasteiger partial charge in [-0.2, -0.15) is 0 Å². The highest BCUT2D eigenvalue weighted by molar-refractivity contribution is 5.19. The summed E-state index contributed by atoms with van der Waals surface area (Å²) < 4.78 is 5.68. The van der Waals surface area contributed by atoms with Crippen LogP contribution in [0.15, 0.2) is 30.3 Å². The minimum Gasteiger partial charge on any atom is -0.396 e. The number of hydrogen-bond donors (Lipinski definition) is 2. The zero-order chi connectivity index (χ0) is 14.4. The third-order valence-corrected chi connectivity index (χ3v) is 4.46. The van der Waals surface area contributed by atoms with Gasteiger partial charge >= 0.3 is 0 Å². The first-order valence-corrected chi connectivity index (χ1v) is 7.71. The minimum atomic E-state index is 0.0532. The fourth-order valence-corrected chi connectivity index (χ4v) is 3.34. The van der Waals surface area contributed by atoms with Crippen LogP contribution in [0.4, 0.5) is 0 Å². The largest absolute Gasteiger partial charge is 0.396 e. The Labute approximate surface area is 122 Å². The van der Waals surface area contributed by atoms with Crippen molar-refractivity contribution in [3.63, 3.8) is 0 Å². The fraction of sp³-hybridized carbons (Fsp3) is 0.647. The van der Waals surface area contributed by atoms with Crippen molar-refractivity contribution in [3.05, 3.63) is 35.9 Å². The predicted octanol–water partition coefficient (Wildman–Crippen LogP) is 2.90. The summed E-state index contributed by atoms with van der Waals surface area (Å²) >= 11 is 0. The zero-order valence-corrected chi connectivity index (χ0v) is 12.6. The summed E-state index contributed by atoms with van der Waals surface area (Å²) in [5.41, 5.74) is 1.20. The Morgan fingerprint density at radius 1 is 1.25 bits per heavy atom. The molecular formula is C17H27NO2. The Balaban J connectivity index is 2.00. The van der Waals surface area contributed by atoms with Crippen LogP contribution in [0.1, 0.15) is 44.3 Å². The Morgan fingerprint density at radius 2 is 1.95 bits per heavy atom. The van der Waals surface area contributed by atoms with Crippen LogP contribution < -0.4 is 5.32 Å². The molecule has 1 aromatic carbocycles. The van der Waals surface area contributed by atoms with Crippen LogP contribution in [-0.2, 0) is 4.74 Å². The van der Waals surface area contributed by atoms with Gasteiger partial charge in [0.05, 0.1) is 6.10 Å². The molecule has 0 radical (unpaired) electrons. The van der Waals surface area contributed by atoms with E-state index in [1.165, 1.54) is 18.4 Å². The van der Waals surface area contributed by atoms with E-state index in [0.717, 1.165) is 12.8 Å². The predicted molar refractivity (Wildman–Crippen MR) is 81.6 cm³/mol. The van der Waals surface area contributed by atoms with Crippen LogP contribution in [0.5, 0.6) is 0 Å². The monoisotopic (exact) mass is 277 g/mol. The molecule has 0 heterocycles. The molecule has 1 saturated carbocycles. The number of methoxy groups -OCH3 is 1. The minimum absolute atomic E-state index is 0.0532. The topological polar surface area (TPSA) is 41.5 Å². The summed E-state index contributed by atoms with van der Waals surface area (Å²) in [5.74, 6) is 0.388. The van der Waals surface area contributed by atoms with Crippen LogP contribution in [-0.4, -0.2) is 30.9 Å². The molecular weight excluding hydrogens is 250 g/mol. The molecule has 0 amide bonds. The van der Waals surface area contributed by atoms with E-state index in [1.807, 2.05) is 18.2 Å². The second-order valence-electron chi connectivity index (χ2n) is 5.86. The van der Waals surface area contributed by atoms with Gasteiger partial charge in [-0.05, 0) is 31.2 Å². The second kappa shape index (κ2) is 7.77. The van der Waals surface area contributed by atoms with E-state index in [-0.39, 0.29) is 18.8 Å². The van der Waals surface area contributed by atoms with E-state index >= 15 is 0 Å². The van der Waals surface area contributed by atoms with Gasteiger partial charge in [-0.1, -0.05) is 43.2 Å². The van der Waals surface area contributed by atoms with Crippen molar-refractivity contribution >= 4 is 0 Å². The van der Waals surface area contributed by atoms with Crippen LogP contribution in [0.2, 0.25) is 0 Å². The van der Waals surface area contributed by atoms with Crippen LogP contribution in [0.25, 0.3) is 0 Å². The van der Waals surface area contributed by atoms with E-state index in [1.54, 1.807) is 7.11 Å². The standard InChI is InChI=1S/C17H27NO2/c1-13(17(20-2)14-8-4-3-5-9-14)18-16-11-7-6-10-15(16)12-19/h3-5,8-9,13,15-19H,6-7,10-12H2,1-2H3/t13-,15+,16+,17-/m0/s1. The molecule has 0 spiro atoms. The maximum Gasteiger partial charge on any atom is 0.0971 e. The molecule has 1 aromatic rings. The number of ether oxygens (including phenoxy) is 1. The van der Waals surface area contributed by atoms with E-state index in [4.69, 9.17) is 4.74 Å². The Kier molecular flexibility index (Phi) is 6.02. The van der Waals surface area contributed by atoms with E-state index in [0.29, 0.717) is 12.0 Å². The molecule has 4 atom stereocenters. The molecule has 20 heavy (non-hydrogen) atoms. The normalized spacial score (nSPS) is 26.1. The van der Waals surface area contributed by atoms with Crippen molar-refractivity contribution in [2.45, 2.75) is 50.8 Å². The molecule has 112 valence electrons. The lowest BCUT2D eigenvalue weighted by molar-refractivity contribution is 0.0570. The summed E-state index contributed by atoms with van der Waals surface area (Å²) in [6.07, 6.45) is 4.83. The number of rotatable bonds is 6. The molecule has 2 rings (SSSR count). The molecule has 0 saturated heterocycles. The molecule has 1 aliphatic rings. The summed E-state index contributed by atoms with van der Waals surface area (Å²) in [7, 11) is 1.76. The van der Waals surface area contributed by atoms with Crippen molar-refractivity contribution < 1.29 is 9.84 Å². The van der Waals surface area contributed by atoms with Gasteiger partial charge in [0, 0.05) is 25.8 Å². The first-order chi connectivity index (χ1) is 9.76. The van der Waals surface area contributed by atoms with Gasteiger partial charge in [0.15, 0.2) is 0 Å². The van der Waals surface area contributed by atoms with Crippen LogP contribution >= 0.6 is 0 Å². The van der Waals surface area contributed by atoms with Crippen molar-refractivity contribution in [1.29, 1.82) is 0 Å². The molecule has 0 unspecified atom stereocenters. The van der Waals surface area contributed by atoms with E-state index in [2.05, 4.69) is 24.4 Å². The third kappa shape index (κ3) is 3.81. The SMILES string of the molecule is CO[C@H](c1ccccc1)[C@H](C)N[C@@H]1CCCC[C@@H]1CO. The maximum atomic E-state index is 9.52. The van der Waals surface area contributed by atoms with E-state index < -0.39 is 0 Å². The molecule has 3 nitrogen and oxygen atoms in total. The maximum absolute atomic E-state index is 9.52.